The maximum absolute atomic E-state index is 0. The van der Waals surface area contributed by atoms with Crippen LogP contribution < -0.4 is 0 Å². The summed E-state index contributed by atoms with van der Waals surface area (Å²) >= 11 is 0. The third kappa shape index (κ3) is 8.89. The minimum atomic E-state index is 0. The molecular formula is H11AlSiSrTe. The molecule has 0 nitrogen and oxygen atoms in total. The van der Waals surface area contributed by atoms with Gasteiger partial charge >= 0.3 is 69.1 Å². The first-order valence-electron chi connectivity index (χ1n) is 0. The summed E-state index contributed by atoms with van der Waals surface area (Å²) in [5, 5.41) is 0. The topological polar surface area (TPSA) is 0 Å². The molecule has 0 aromatic rings. The van der Waals surface area contributed by atoms with E-state index in [4.69, 9.17) is 0 Å². The van der Waals surface area contributed by atoms with Gasteiger partial charge < -0.3 is 2.85 Å². The van der Waals surface area contributed by atoms with E-state index in [9.17, 15) is 0 Å². The molecule has 0 saturated carbocycles. The molecule has 0 amide bonds. The quantitative estimate of drug-likeness (QED) is 0.401. The van der Waals surface area contributed by atoms with Crippen LogP contribution in [0.25, 0.3) is 0 Å². The molecule has 0 aliphatic rings. The first kappa shape index (κ1) is 27.9. The number of hydrogen-bond donors (Lipinski definition) is 0. The molecular weight excluding hydrogens is 270 g/mol. The fraction of sp³-hybridized carbons (Fsp3) is 0. The van der Waals surface area contributed by atoms with Crippen molar-refractivity contribution in [2.24, 2.45) is 0 Å². The molecule has 4 heavy (non-hydrogen) atoms. The summed E-state index contributed by atoms with van der Waals surface area (Å²) in [4.78, 5) is 0. The van der Waals surface area contributed by atoms with Gasteiger partial charge in [0, 0.05) is 0 Å². The van der Waals surface area contributed by atoms with Crippen LogP contribution in [0.4, 0.5) is 0 Å². The van der Waals surface area contributed by atoms with E-state index in [1.807, 2.05) is 0 Å². The van der Waals surface area contributed by atoms with Crippen LogP contribution in [0.2, 0.25) is 0 Å². The van der Waals surface area contributed by atoms with E-state index < -0.39 is 0 Å². The van der Waals surface area contributed by atoms with Crippen molar-refractivity contribution < 1.29 is 2.85 Å². The number of hydrogen-bond acceptors (Lipinski definition) is 0. The van der Waals surface area contributed by atoms with Crippen molar-refractivity contribution in [2.45, 2.75) is 0 Å². The van der Waals surface area contributed by atoms with Crippen LogP contribution >= 0.6 is 0 Å². The Hall–Kier alpha value is 3.02. The van der Waals surface area contributed by atoms with E-state index in [-0.39, 0.29) is 100 Å². The summed E-state index contributed by atoms with van der Waals surface area (Å²) in [5.74, 6) is 0. The molecule has 0 aromatic carbocycles. The third-order valence-corrected chi connectivity index (χ3v) is 0. The van der Waals surface area contributed by atoms with Gasteiger partial charge in [0.25, 0.3) is 0 Å². The molecule has 0 fully saturated rings. The molecule has 0 rings (SSSR count). The van der Waals surface area contributed by atoms with Gasteiger partial charge in [0.1, 0.15) is 0 Å². The monoisotopic (exact) mass is 284 g/mol. The van der Waals surface area contributed by atoms with Crippen LogP contribution in [-0.4, -0.2) is 97.5 Å². The van der Waals surface area contributed by atoms with E-state index >= 15 is 0 Å². The molecule has 0 spiro atoms. The Bertz CT molecular complexity index is 13.5. The summed E-state index contributed by atoms with van der Waals surface area (Å²) in [7, 11) is 0. The zero-order chi connectivity index (χ0) is 0. The van der Waals surface area contributed by atoms with Gasteiger partial charge in [0.15, 0.2) is 17.4 Å². The van der Waals surface area contributed by atoms with E-state index in [1.165, 1.54) is 0 Å². The third-order valence-electron chi connectivity index (χ3n) is 0. The molecule has 0 saturated heterocycles. The van der Waals surface area contributed by atoms with Crippen molar-refractivity contribution in [1.82, 2.24) is 0 Å². The summed E-state index contributed by atoms with van der Waals surface area (Å²) in [5.41, 5.74) is 0. The normalized spacial score (nSPS) is 0. The van der Waals surface area contributed by atoms with E-state index in [0.717, 1.165) is 0 Å². The predicted molar refractivity (Wildman–Crippen MR) is 37.8 cm³/mol. The second-order valence-corrected chi connectivity index (χ2v) is 0. The summed E-state index contributed by atoms with van der Waals surface area (Å²) in [6, 6.07) is 0. The summed E-state index contributed by atoms with van der Waals surface area (Å²) < 4.78 is 0. The predicted octanol–water partition coefficient (Wildman–Crippen LogP) is -3.71. The number of rotatable bonds is 0. The van der Waals surface area contributed by atoms with Gasteiger partial charge in [-0.3, -0.25) is 0 Å². The average Bonchev–Trinajstić information content (AvgIpc) is 0. The van der Waals surface area contributed by atoms with E-state index in [0.29, 0.717) is 0 Å². The Balaban J connectivity index is 0. The fourth-order valence-electron chi connectivity index (χ4n) is 0. The standard InChI is InChI=1S/Al.H4Si.Sr.H2Te.5H/h;1H4;;1H2;;;;;/q;;+2;;;;;2*-1. The van der Waals surface area contributed by atoms with Gasteiger partial charge in [-0.2, -0.15) is 0 Å². The van der Waals surface area contributed by atoms with Gasteiger partial charge in [0.2, 0.25) is 0 Å². The van der Waals surface area contributed by atoms with Gasteiger partial charge in [-0.05, 0) is 11.0 Å². The Morgan fingerprint density at radius 1 is 1.25 bits per heavy atom. The average molecular weight is 281 g/mol. The Morgan fingerprint density at radius 3 is 1.25 bits per heavy atom. The molecule has 4 heteroatoms. The van der Waals surface area contributed by atoms with Crippen molar-refractivity contribution in [3.8, 4) is 0 Å². The van der Waals surface area contributed by atoms with Crippen molar-refractivity contribution in [2.75, 3.05) is 0 Å². The second kappa shape index (κ2) is 16.6. The van der Waals surface area contributed by atoms with E-state index in [1.54, 1.807) is 0 Å². The molecule has 0 radical (unpaired) electrons. The van der Waals surface area contributed by atoms with Gasteiger partial charge in [-0.25, -0.2) is 0 Å². The van der Waals surface area contributed by atoms with Crippen LogP contribution in [0.3, 0.4) is 0 Å². The van der Waals surface area contributed by atoms with Crippen LogP contribution in [-0.2, 0) is 0 Å². The van der Waals surface area contributed by atoms with Gasteiger partial charge in [-0.15, -0.1) is 0 Å². The first-order chi connectivity index (χ1) is 0. The van der Waals surface area contributed by atoms with Crippen LogP contribution in [0.1, 0.15) is 2.85 Å². The molecule has 0 N–H and O–H groups in total. The van der Waals surface area contributed by atoms with Crippen LogP contribution in [0.5, 0.6) is 0 Å². The van der Waals surface area contributed by atoms with E-state index in [2.05, 4.69) is 0 Å². The molecule has 0 heterocycles. The zero-order valence-corrected chi connectivity index (χ0v) is 7.54. The van der Waals surface area contributed by atoms with Crippen molar-refractivity contribution >= 4 is 97.5 Å². The fourth-order valence-corrected chi connectivity index (χ4v) is 0. The summed E-state index contributed by atoms with van der Waals surface area (Å²) in [6.45, 7) is 0. The minimum absolute atomic E-state index is 0. The van der Waals surface area contributed by atoms with Crippen molar-refractivity contribution in [3.63, 3.8) is 0 Å². The van der Waals surface area contributed by atoms with Crippen LogP contribution in [0.15, 0.2) is 0 Å². The molecule has 0 bridgehead atoms. The van der Waals surface area contributed by atoms with Crippen molar-refractivity contribution in [1.29, 1.82) is 0 Å². The second-order valence-electron chi connectivity index (χ2n) is 0. The molecule has 0 aliphatic heterocycles. The summed E-state index contributed by atoms with van der Waals surface area (Å²) in [6.07, 6.45) is 0. The first-order valence-corrected chi connectivity index (χ1v) is 0. The Morgan fingerprint density at radius 2 is 1.25 bits per heavy atom. The molecule has 26 valence electrons. The Kier molecular flexibility index (Phi) is 116. The van der Waals surface area contributed by atoms with Crippen LogP contribution in [0, 0.1) is 0 Å². The molecule has 0 aliphatic carbocycles. The van der Waals surface area contributed by atoms with Gasteiger partial charge in [-0.1, -0.05) is 0 Å². The zero-order valence-electron chi connectivity index (χ0n) is 3.21. The molecule has 0 unspecified atom stereocenters. The Labute approximate surface area is 98.2 Å². The SMILES string of the molecule is [AlH3].[H-].[H-].[SiH4].[Sr+2].[TeH2]. The molecule has 0 atom stereocenters. The molecule has 0 aromatic heterocycles. The van der Waals surface area contributed by atoms with Crippen molar-refractivity contribution in [3.05, 3.63) is 0 Å². The van der Waals surface area contributed by atoms with Gasteiger partial charge in [0.05, 0.1) is 0 Å². The maximum atomic E-state index is 0.